The van der Waals surface area contributed by atoms with Gasteiger partial charge in [0.2, 0.25) is 0 Å². The maximum atomic E-state index is 8.60. The van der Waals surface area contributed by atoms with Crippen molar-refractivity contribution in [3.8, 4) is 0 Å². The van der Waals surface area contributed by atoms with Crippen LogP contribution >= 0.6 is 12.4 Å². The molecule has 6 heavy (non-hydrogen) atoms. The monoisotopic (exact) mass is 312 g/mol. The van der Waals surface area contributed by atoms with Gasteiger partial charge in [0.1, 0.15) is 0 Å². The van der Waals surface area contributed by atoms with E-state index in [0.717, 1.165) is 0 Å². The molecule has 0 aromatic heterocycles. The average molecular weight is 314 g/mol. The van der Waals surface area contributed by atoms with Gasteiger partial charge < -0.3 is 0 Å². The van der Waals surface area contributed by atoms with Crippen molar-refractivity contribution in [1.29, 1.82) is 0 Å². The van der Waals surface area contributed by atoms with Crippen molar-refractivity contribution in [2.45, 2.75) is 0 Å². The van der Waals surface area contributed by atoms with E-state index in [-0.39, 0.29) is 34.8 Å². The first-order valence-corrected chi connectivity index (χ1v) is 3.67. The minimum absolute atomic E-state index is 0. The summed E-state index contributed by atoms with van der Waals surface area (Å²) in [6.45, 7) is 0. The second-order valence-corrected chi connectivity index (χ2v) is 1.50. The van der Waals surface area contributed by atoms with Crippen LogP contribution in [-0.2, 0) is 25.4 Å². The van der Waals surface area contributed by atoms with E-state index in [1.54, 1.807) is 0 Å². The van der Waals surface area contributed by atoms with E-state index in [0.29, 0.717) is 0 Å². The fourth-order valence-corrected chi connectivity index (χ4v) is 0. The molecule has 0 spiro atoms. The van der Waals surface area contributed by atoms with Gasteiger partial charge in [0.25, 0.3) is 0 Å². The summed E-state index contributed by atoms with van der Waals surface area (Å²) in [5.41, 5.74) is 0. The molecule has 0 atom stereocenters. The van der Waals surface area contributed by atoms with Crippen LogP contribution in [0.15, 0.2) is 0 Å². The summed E-state index contributed by atoms with van der Waals surface area (Å²) >= 11 is -4.20. The van der Waals surface area contributed by atoms with Crippen LogP contribution in [0.25, 0.3) is 0 Å². The third-order valence-electron chi connectivity index (χ3n) is 0. The molecule has 0 aliphatic carbocycles. The minimum atomic E-state index is -4.20. The molecule has 44 valence electrons. The van der Waals surface area contributed by atoms with Crippen molar-refractivity contribution in [3.05, 3.63) is 0 Å². The molecule has 2 radical (unpaired) electrons. The maximum absolute atomic E-state index is 8.60. The van der Waals surface area contributed by atoms with Crippen LogP contribution in [0.5, 0.6) is 0 Å². The quantitative estimate of drug-likeness (QED) is 0.466. The average Bonchev–Trinajstić information content (AvgIpc) is 0.811. The fourth-order valence-electron chi connectivity index (χ4n) is 0. The third kappa shape index (κ3) is 47.2. The molecule has 0 amide bonds. The predicted octanol–water partition coefficient (Wildman–Crippen LogP) is -2.46. The normalized spacial score (nSPS) is 4.33. The van der Waals surface area contributed by atoms with Crippen LogP contribution in [0.3, 0.4) is 0 Å². The van der Waals surface area contributed by atoms with Gasteiger partial charge >= 0.3 is 30.8 Å². The Kier molecular flexibility index (Phi) is 25.4. The Labute approximate surface area is 65.1 Å². The third-order valence-corrected chi connectivity index (χ3v) is 0. The molecule has 0 fully saturated rings. The van der Waals surface area contributed by atoms with Gasteiger partial charge in [-0.15, -0.1) is 12.4 Å². The van der Waals surface area contributed by atoms with Gasteiger partial charge in [-0.3, -0.25) is 0 Å². The van der Waals surface area contributed by atoms with Crippen molar-refractivity contribution in [1.82, 2.24) is 0 Å². The molecule has 0 rings (SSSR count). The van der Waals surface area contributed by atoms with Crippen LogP contribution in [0.4, 0.5) is 0 Å². The zero-order chi connectivity index (χ0) is 3.58. The molecular formula is HAgClO3Sb-2. The predicted molar refractivity (Wildman–Crippen MR) is 13.7 cm³/mol. The molecule has 0 heterocycles. The van der Waals surface area contributed by atoms with Crippen molar-refractivity contribution < 1.29 is 32.2 Å². The molecule has 0 aromatic carbocycles. The van der Waals surface area contributed by atoms with E-state index >= 15 is 0 Å². The van der Waals surface area contributed by atoms with Gasteiger partial charge in [-0.25, -0.2) is 0 Å². The number of hydrogen-bond donors (Lipinski definition) is 0. The zero-order valence-corrected chi connectivity index (χ0v) is 7.23. The Morgan fingerprint density at radius 3 is 1.33 bits per heavy atom. The summed E-state index contributed by atoms with van der Waals surface area (Å²) in [7, 11) is 0. The summed E-state index contributed by atoms with van der Waals surface area (Å²) in [5.74, 6) is 0. The van der Waals surface area contributed by atoms with Crippen molar-refractivity contribution in [2.75, 3.05) is 0 Å². The number of hydrogen-bond acceptors (Lipinski definition) is 3. The summed E-state index contributed by atoms with van der Waals surface area (Å²) in [6, 6.07) is 0. The van der Waals surface area contributed by atoms with Crippen LogP contribution in [0.1, 0.15) is 0 Å². The fraction of sp³-hybridized carbons (Fsp3) is 0. The van der Waals surface area contributed by atoms with Gasteiger partial charge in [-0.1, -0.05) is 0 Å². The van der Waals surface area contributed by atoms with E-state index in [1.165, 1.54) is 0 Å². The van der Waals surface area contributed by atoms with E-state index in [1.807, 2.05) is 0 Å². The van der Waals surface area contributed by atoms with Gasteiger partial charge in [0.15, 0.2) is 0 Å². The summed E-state index contributed by atoms with van der Waals surface area (Å²) in [5, 5.41) is 0. The Hall–Kier alpha value is 1.57. The molecule has 0 bridgehead atoms. The first-order valence-electron chi connectivity index (χ1n) is 0.548. The molecule has 0 N–H and O–H groups in total. The van der Waals surface area contributed by atoms with Crippen molar-refractivity contribution in [3.63, 3.8) is 0 Å². The standard InChI is InChI=1S/Ag.ClH.3O.Sb/h;1H;;;;/q;;;2*-1;. The van der Waals surface area contributed by atoms with Gasteiger partial charge in [0, 0.05) is 22.4 Å². The summed E-state index contributed by atoms with van der Waals surface area (Å²) in [6.07, 6.45) is 0. The topological polar surface area (TPSA) is 63.2 Å². The van der Waals surface area contributed by atoms with Gasteiger partial charge in [-0.2, -0.15) is 0 Å². The Bertz CT molecular complexity index is 33.8. The Morgan fingerprint density at radius 1 is 1.33 bits per heavy atom. The number of halogens is 1. The zero-order valence-electron chi connectivity index (χ0n) is 2.38. The molecule has 3 nitrogen and oxygen atoms in total. The van der Waals surface area contributed by atoms with E-state index in [9.17, 15) is 0 Å². The van der Waals surface area contributed by atoms with Crippen molar-refractivity contribution >= 4 is 33.4 Å². The SMILES string of the molecule is Cl.[Ag].[O]=[Sb]([O-])[O-]. The van der Waals surface area contributed by atoms with Crippen LogP contribution in [0, 0.1) is 0 Å². The van der Waals surface area contributed by atoms with Crippen LogP contribution < -0.4 is 6.77 Å². The van der Waals surface area contributed by atoms with Crippen LogP contribution in [-0.4, -0.2) is 21.0 Å². The van der Waals surface area contributed by atoms with E-state index < -0.39 is 21.0 Å². The van der Waals surface area contributed by atoms with Gasteiger partial charge in [0.05, 0.1) is 0 Å². The molecule has 0 aliphatic rings. The summed E-state index contributed by atoms with van der Waals surface area (Å²) in [4.78, 5) is 0. The molecular weight excluding hydrogens is 313 g/mol. The summed E-state index contributed by atoms with van der Waals surface area (Å²) < 4.78 is 25.8. The molecule has 0 saturated heterocycles. The Balaban J connectivity index is -0.0000000450. The van der Waals surface area contributed by atoms with E-state index in [2.05, 4.69) is 0 Å². The first-order chi connectivity index (χ1) is 1.73. The first kappa shape index (κ1) is 15.6. The van der Waals surface area contributed by atoms with Crippen molar-refractivity contribution in [2.24, 2.45) is 0 Å². The van der Waals surface area contributed by atoms with Crippen LogP contribution in [0.2, 0.25) is 0 Å². The molecule has 0 saturated carbocycles. The number of rotatable bonds is 0. The van der Waals surface area contributed by atoms with Gasteiger partial charge in [-0.05, 0) is 0 Å². The van der Waals surface area contributed by atoms with E-state index in [4.69, 9.17) is 9.79 Å². The second-order valence-electron chi connectivity index (χ2n) is 0.224. The molecule has 0 aliphatic heterocycles. The molecule has 0 unspecified atom stereocenters. The second kappa shape index (κ2) is 9.76. The molecule has 0 aromatic rings. The molecule has 6 heteroatoms. The Morgan fingerprint density at radius 2 is 1.33 bits per heavy atom.